The van der Waals surface area contributed by atoms with E-state index in [9.17, 15) is 13.5 Å². The molecule has 0 amide bonds. The third-order valence-corrected chi connectivity index (χ3v) is 6.27. The first-order valence-electron chi connectivity index (χ1n) is 7.56. The third-order valence-electron chi connectivity index (χ3n) is 4.73. The summed E-state index contributed by atoms with van der Waals surface area (Å²) in [5, 5.41) is 9.87. The molecule has 2 atom stereocenters. The van der Waals surface area contributed by atoms with Gasteiger partial charge in [0.05, 0.1) is 10.5 Å². The van der Waals surface area contributed by atoms with E-state index in [1.165, 1.54) is 0 Å². The van der Waals surface area contributed by atoms with Crippen molar-refractivity contribution in [3.8, 4) is 0 Å². The van der Waals surface area contributed by atoms with Crippen LogP contribution in [-0.2, 0) is 10.0 Å². The Bertz CT molecular complexity index is 594. The van der Waals surface area contributed by atoms with Crippen molar-refractivity contribution < 1.29 is 13.5 Å². The summed E-state index contributed by atoms with van der Waals surface area (Å²) in [7, 11) is -3.40. The van der Waals surface area contributed by atoms with E-state index in [1.54, 1.807) is 24.3 Å². The average molecular weight is 309 g/mol. The van der Waals surface area contributed by atoms with Gasteiger partial charge in [0.2, 0.25) is 10.0 Å². The van der Waals surface area contributed by atoms with Gasteiger partial charge in [-0.25, -0.2) is 13.1 Å². The normalized spacial score (nSPS) is 32.0. The van der Waals surface area contributed by atoms with Crippen molar-refractivity contribution in [1.82, 2.24) is 4.72 Å². The van der Waals surface area contributed by atoms with Crippen LogP contribution < -0.4 is 4.72 Å². The van der Waals surface area contributed by atoms with Gasteiger partial charge in [0.1, 0.15) is 0 Å². The van der Waals surface area contributed by atoms with Crippen LogP contribution in [0, 0.1) is 17.8 Å². The molecule has 1 aromatic rings. The summed E-state index contributed by atoms with van der Waals surface area (Å²) in [6.07, 6.45) is 2.62. The molecular weight excluding hydrogens is 286 g/mol. The van der Waals surface area contributed by atoms with Gasteiger partial charge in [-0.1, -0.05) is 18.2 Å². The van der Waals surface area contributed by atoms with Crippen molar-refractivity contribution in [1.29, 1.82) is 0 Å². The van der Waals surface area contributed by atoms with Gasteiger partial charge in [0, 0.05) is 6.04 Å². The molecule has 2 aliphatic rings. The minimum absolute atomic E-state index is 0.0447. The van der Waals surface area contributed by atoms with Crippen LogP contribution in [0.3, 0.4) is 0 Å². The molecule has 116 valence electrons. The highest BCUT2D eigenvalue weighted by Crippen LogP contribution is 2.60. The van der Waals surface area contributed by atoms with Crippen molar-refractivity contribution in [2.75, 3.05) is 0 Å². The number of aliphatic hydroxyl groups is 1. The standard InChI is InChI=1S/C16H23NO3S/c1-16(2,18)10-15-13-8-11(9-14(13)15)17-21(19,20)12-6-4-3-5-7-12/h3-7,11,13-15,17-18H,8-10H2,1-2H3. The van der Waals surface area contributed by atoms with Gasteiger partial charge in [-0.3, -0.25) is 0 Å². The molecule has 0 heterocycles. The zero-order valence-electron chi connectivity index (χ0n) is 12.5. The zero-order chi connectivity index (χ0) is 15.3. The molecule has 2 unspecified atom stereocenters. The van der Waals surface area contributed by atoms with Crippen LogP contribution in [-0.4, -0.2) is 25.2 Å². The van der Waals surface area contributed by atoms with Crippen LogP contribution in [0.15, 0.2) is 35.2 Å². The number of hydrogen-bond donors (Lipinski definition) is 2. The van der Waals surface area contributed by atoms with E-state index in [0.29, 0.717) is 22.6 Å². The number of fused-ring (bicyclic) bond motifs is 1. The number of hydrogen-bond acceptors (Lipinski definition) is 3. The molecule has 3 rings (SSSR count). The molecule has 1 aromatic carbocycles. The van der Waals surface area contributed by atoms with Crippen LogP contribution in [0.1, 0.15) is 33.1 Å². The Kier molecular flexibility index (Phi) is 3.62. The Balaban J connectivity index is 1.56. The van der Waals surface area contributed by atoms with E-state index >= 15 is 0 Å². The van der Waals surface area contributed by atoms with Gasteiger partial charge in [-0.2, -0.15) is 0 Å². The van der Waals surface area contributed by atoms with Crippen molar-refractivity contribution in [2.45, 2.75) is 49.6 Å². The fraction of sp³-hybridized carbons (Fsp3) is 0.625. The Hall–Kier alpha value is -0.910. The Labute approximate surface area is 126 Å². The van der Waals surface area contributed by atoms with Gasteiger partial charge >= 0.3 is 0 Å². The smallest absolute Gasteiger partial charge is 0.240 e. The third kappa shape index (κ3) is 3.30. The first kappa shape index (κ1) is 15.0. The molecule has 5 heteroatoms. The summed E-state index contributed by atoms with van der Waals surface area (Å²) < 4.78 is 27.4. The van der Waals surface area contributed by atoms with Crippen LogP contribution >= 0.6 is 0 Å². The van der Waals surface area contributed by atoms with Gasteiger partial charge in [-0.15, -0.1) is 0 Å². The Morgan fingerprint density at radius 1 is 1.19 bits per heavy atom. The topological polar surface area (TPSA) is 66.4 Å². The van der Waals surface area contributed by atoms with E-state index in [4.69, 9.17) is 0 Å². The molecule has 0 bridgehead atoms. The molecule has 0 spiro atoms. The fourth-order valence-corrected chi connectivity index (χ4v) is 5.12. The second-order valence-electron chi connectivity index (χ2n) is 7.11. The molecule has 0 aromatic heterocycles. The number of rotatable bonds is 5. The minimum Gasteiger partial charge on any atom is -0.390 e. The van der Waals surface area contributed by atoms with Crippen LogP contribution in [0.2, 0.25) is 0 Å². The lowest BCUT2D eigenvalue weighted by atomic mass is 9.96. The molecule has 0 aliphatic heterocycles. The van der Waals surface area contributed by atoms with E-state index in [0.717, 1.165) is 19.3 Å². The minimum atomic E-state index is -3.40. The van der Waals surface area contributed by atoms with Crippen molar-refractivity contribution >= 4 is 10.0 Å². The number of nitrogens with one attached hydrogen (secondary N) is 1. The monoisotopic (exact) mass is 309 g/mol. The maximum absolute atomic E-state index is 12.3. The van der Waals surface area contributed by atoms with Crippen LogP contribution in [0.25, 0.3) is 0 Å². The van der Waals surface area contributed by atoms with Crippen molar-refractivity contribution in [3.05, 3.63) is 30.3 Å². The average Bonchev–Trinajstić information content (AvgIpc) is 2.84. The molecular formula is C16H23NO3S. The first-order chi connectivity index (χ1) is 9.76. The predicted octanol–water partition coefficient (Wildman–Crippen LogP) is 2.15. The predicted molar refractivity (Wildman–Crippen MR) is 81.2 cm³/mol. The number of sulfonamides is 1. The summed E-state index contributed by atoms with van der Waals surface area (Å²) >= 11 is 0. The lowest BCUT2D eigenvalue weighted by Gasteiger charge is -2.20. The van der Waals surface area contributed by atoms with Gasteiger partial charge in [0.25, 0.3) is 0 Å². The highest BCUT2D eigenvalue weighted by molar-refractivity contribution is 7.89. The quantitative estimate of drug-likeness (QED) is 0.876. The first-order valence-corrected chi connectivity index (χ1v) is 9.04. The molecule has 2 fully saturated rings. The van der Waals surface area contributed by atoms with Crippen molar-refractivity contribution in [2.24, 2.45) is 17.8 Å². The molecule has 4 nitrogen and oxygen atoms in total. The lowest BCUT2D eigenvalue weighted by molar-refractivity contribution is 0.0605. The van der Waals surface area contributed by atoms with Gasteiger partial charge in [-0.05, 0) is 63.0 Å². The largest absolute Gasteiger partial charge is 0.390 e. The van der Waals surface area contributed by atoms with E-state index in [2.05, 4.69) is 4.72 Å². The maximum atomic E-state index is 12.3. The fourth-order valence-electron chi connectivity index (χ4n) is 3.84. The molecule has 2 aliphatic carbocycles. The lowest BCUT2D eigenvalue weighted by Crippen LogP contribution is -2.34. The Morgan fingerprint density at radius 2 is 1.76 bits per heavy atom. The summed E-state index contributed by atoms with van der Waals surface area (Å²) in [5.41, 5.74) is -0.617. The number of benzene rings is 1. The van der Waals surface area contributed by atoms with Gasteiger partial charge in [0.15, 0.2) is 0 Å². The molecule has 2 saturated carbocycles. The maximum Gasteiger partial charge on any atom is 0.240 e. The van der Waals surface area contributed by atoms with E-state index in [-0.39, 0.29) is 6.04 Å². The molecule has 21 heavy (non-hydrogen) atoms. The van der Waals surface area contributed by atoms with Gasteiger partial charge < -0.3 is 5.11 Å². The van der Waals surface area contributed by atoms with Crippen molar-refractivity contribution in [3.63, 3.8) is 0 Å². The Morgan fingerprint density at radius 3 is 2.29 bits per heavy atom. The zero-order valence-corrected chi connectivity index (χ0v) is 13.3. The summed E-state index contributed by atoms with van der Waals surface area (Å²) in [4.78, 5) is 0.332. The highest BCUT2D eigenvalue weighted by atomic mass is 32.2. The summed E-state index contributed by atoms with van der Waals surface area (Å²) in [5.74, 6) is 1.74. The van der Waals surface area contributed by atoms with E-state index in [1.807, 2.05) is 19.9 Å². The second-order valence-corrected chi connectivity index (χ2v) is 8.82. The van der Waals surface area contributed by atoms with E-state index < -0.39 is 15.6 Å². The second kappa shape index (κ2) is 5.07. The highest BCUT2D eigenvalue weighted by Gasteiger charge is 2.57. The summed E-state index contributed by atoms with van der Waals surface area (Å²) in [6, 6.07) is 8.57. The molecule has 0 saturated heterocycles. The molecule has 0 radical (unpaired) electrons. The van der Waals surface area contributed by atoms with Crippen LogP contribution in [0.4, 0.5) is 0 Å². The van der Waals surface area contributed by atoms with Crippen LogP contribution in [0.5, 0.6) is 0 Å². The summed E-state index contributed by atoms with van der Waals surface area (Å²) in [6.45, 7) is 3.69. The SMILES string of the molecule is CC(C)(O)CC1C2CC(NS(=O)(=O)c3ccccc3)CC21. The molecule has 2 N–H and O–H groups in total.